The summed E-state index contributed by atoms with van der Waals surface area (Å²) in [4.78, 5) is 90.6. The Balaban J connectivity index is 0.000000117. The van der Waals surface area contributed by atoms with E-state index >= 15 is 0 Å². The maximum absolute atomic E-state index is 11.7. The first kappa shape index (κ1) is 104. The van der Waals surface area contributed by atoms with Crippen molar-refractivity contribution in [3.8, 4) is 0 Å². The van der Waals surface area contributed by atoms with E-state index in [4.69, 9.17) is 28.9 Å². The number of nitrogens with one attached hydrogen (secondary N) is 11. The average Bonchev–Trinajstić information content (AvgIpc) is 1.62. The predicted octanol–water partition coefficient (Wildman–Crippen LogP) is 15.8. The van der Waals surface area contributed by atoms with Gasteiger partial charge in [-0.15, -0.1) is 0 Å². The highest BCUT2D eigenvalue weighted by Crippen LogP contribution is 2.41. The van der Waals surface area contributed by atoms with Crippen LogP contribution in [0, 0.1) is 0 Å². The van der Waals surface area contributed by atoms with Crippen LogP contribution in [0.5, 0.6) is 0 Å². The summed E-state index contributed by atoms with van der Waals surface area (Å²) in [6.45, 7) is 40.9. The Kier molecular flexibility index (Phi) is 34.3. The Morgan fingerprint density at radius 3 is 0.953 bits per heavy atom. The molecule has 760 valence electrons. The number of fused-ring (bicyclic) bond motifs is 10. The van der Waals surface area contributed by atoms with Crippen LogP contribution in [0.4, 0.5) is 28.4 Å². The number of para-hydroxylation sites is 5. The van der Waals surface area contributed by atoms with Crippen LogP contribution in [0.25, 0.3) is 82.4 Å². The minimum atomic E-state index is -0.154. The molecule has 23 rings (SSSR count). The molecule has 0 saturated carbocycles. The average molecular weight is 2310 g/mol. The van der Waals surface area contributed by atoms with Gasteiger partial charge in [0.1, 0.15) is 26.3 Å². The second kappa shape index (κ2) is 48.8. The van der Waals surface area contributed by atoms with Crippen molar-refractivity contribution in [1.29, 1.82) is 0 Å². The predicted molar refractivity (Wildman–Crippen MR) is 609 cm³/mol. The Morgan fingerprint density at radius 1 is 0.358 bits per heavy atom. The molecule has 8 aliphatic heterocycles. The zero-order valence-electron chi connectivity index (χ0n) is 83.2. The zero-order valence-corrected chi connectivity index (χ0v) is 91.2. The molecule has 13 N–H and O–H groups in total. The van der Waals surface area contributed by atoms with Gasteiger partial charge in [-0.25, -0.2) is 25.0 Å². The summed E-state index contributed by atoms with van der Waals surface area (Å²) in [6.07, 6.45) is 10.1. The number of piperazine rings is 1. The van der Waals surface area contributed by atoms with Crippen LogP contribution < -0.4 is 90.5 Å². The number of carbonyl (C=O) groups excluding carboxylic acids is 1. The smallest absolute Gasteiger partial charge is 0.320 e. The number of carbonyl (C=O) groups is 1. The van der Waals surface area contributed by atoms with Crippen LogP contribution in [0.2, 0.25) is 0 Å². The van der Waals surface area contributed by atoms with Gasteiger partial charge in [0, 0.05) is 170 Å². The summed E-state index contributed by atoms with van der Waals surface area (Å²) < 4.78 is 10.1. The lowest BCUT2D eigenvalue weighted by atomic mass is 10.1. The Morgan fingerprint density at radius 2 is 0.642 bits per heavy atom. The molecule has 0 atom stereocenters. The summed E-state index contributed by atoms with van der Waals surface area (Å²) in [5.41, 5.74) is 39.3. The number of piperidine rings is 2. The van der Waals surface area contributed by atoms with E-state index in [1.165, 1.54) is 64.7 Å². The van der Waals surface area contributed by atoms with Gasteiger partial charge in [0.25, 0.3) is 0 Å². The molecular weight excluding hydrogens is 2180 g/mol. The van der Waals surface area contributed by atoms with Crippen molar-refractivity contribution in [2.24, 2.45) is 25.0 Å². The number of H-pyrrole nitrogens is 5. The van der Waals surface area contributed by atoms with E-state index in [0.717, 1.165) is 308 Å². The highest BCUT2D eigenvalue weighted by molar-refractivity contribution is 9.11. The van der Waals surface area contributed by atoms with Gasteiger partial charge in [-0.05, 0) is 180 Å². The molecule has 0 amide bonds. The van der Waals surface area contributed by atoms with E-state index in [-0.39, 0.29) is 5.97 Å². The van der Waals surface area contributed by atoms with Gasteiger partial charge in [0.2, 0.25) is 0 Å². The number of nitrogens with two attached hydrogens (primary N) is 1. The lowest BCUT2D eigenvalue weighted by Crippen LogP contribution is -3.13. The normalized spacial score (nSPS) is 15.4. The maximum Gasteiger partial charge on any atom is 0.320 e. The number of halogens is 5. The molecule has 13 heterocycles. The standard InChI is InChI=1S/C27H30BrN5O3.2C24H25BrN4O.C21H20BrN3O.C20H19BrN4O/c1-3-35-24(34)17-33-12-10-32(11-13-33)14-15-36-31-26-20-6-4-5-7-22(20)30-27(26)25-18(2)29-23-9-8-19(28)16-21(23)25;2*1-16-22(19-15-17(25)9-10-21(19)26-16)24-23(18-7-3-4-8-20(18)27-24)28-30-14-13-29-11-5-2-6-12-29;1-3-4-11-26-25-20-15-7-5-6-8-17(15)24-21(20)19-13(2)23-18-10-9-14(22)12-16(18)19;1-12-18(15-11-13(21)7-8-17(15)23-12)20-19(25-26-10-9-22-2)14-5-3-4-6-16(14)24-20/h4-9,16,30-31H,2-3,10-15,17H2,1H3;2*3-4,7-10,15,27-28H,1-2,5-6,11-14H2;5-10,12,24-25H,2-4,11H2,1H3;3-8,11,22,24-25H,1,9-10H2,2H3/p+2. The molecule has 0 aliphatic carbocycles. The largest absolute Gasteiger partial charge is 0.465 e. The van der Waals surface area contributed by atoms with Gasteiger partial charge in [-0.3, -0.25) is 66.2 Å². The van der Waals surface area contributed by atoms with E-state index < -0.39 is 0 Å². The lowest BCUT2D eigenvalue weighted by molar-refractivity contribution is -0.905. The number of aromatic amines is 5. The minimum Gasteiger partial charge on any atom is -0.465 e. The van der Waals surface area contributed by atoms with Crippen molar-refractivity contribution in [3.05, 3.63) is 377 Å². The maximum atomic E-state index is 11.7. The fourth-order valence-electron chi connectivity index (χ4n) is 20.0. The minimum absolute atomic E-state index is 0.154. The molecular formula is C116H121Br5N20O7+2. The number of benzene rings is 10. The number of hydrogen-bond acceptors (Lipinski definition) is 20. The van der Waals surface area contributed by atoms with E-state index in [0.29, 0.717) is 46.2 Å². The molecule has 0 bridgehead atoms. The highest BCUT2D eigenvalue weighted by Gasteiger charge is 2.30. The molecule has 0 spiro atoms. The lowest BCUT2D eigenvalue weighted by Gasteiger charge is -2.33. The number of aromatic nitrogens is 5. The second-order valence-electron chi connectivity index (χ2n) is 37.3. The van der Waals surface area contributed by atoms with Crippen LogP contribution in [-0.4, -0.2) is 177 Å². The molecule has 0 unspecified atom stereocenters. The number of nitrogens with zero attached hydrogens (tertiary/aromatic N) is 8. The van der Waals surface area contributed by atoms with Gasteiger partial charge >= 0.3 is 5.97 Å². The third-order valence-electron chi connectivity index (χ3n) is 27.3. The van der Waals surface area contributed by atoms with Crippen molar-refractivity contribution < 1.29 is 43.9 Å². The fraction of sp³-hybridized carbons (Fsp3) is 0.259. The van der Waals surface area contributed by atoms with E-state index in [1.54, 1.807) is 4.90 Å². The molecule has 0 radical (unpaired) electrons. The molecule has 10 aromatic carbocycles. The van der Waals surface area contributed by atoms with Crippen LogP contribution in [0.1, 0.15) is 93.7 Å². The second-order valence-corrected chi connectivity index (χ2v) is 41.8. The van der Waals surface area contributed by atoms with Gasteiger partial charge in [0.05, 0.1) is 165 Å². The van der Waals surface area contributed by atoms with Crippen molar-refractivity contribution >= 4 is 196 Å². The molecule has 15 aromatic rings. The number of likely N-dealkylation sites (tertiary alicyclic amines) is 2. The van der Waals surface area contributed by atoms with Crippen molar-refractivity contribution in [1.82, 2.24) is 39.6 Å². The molecule has 148 heavy (non-hydrogen) atoms. The number of ether oxygens (including phenoxy) is 1. The van der Waals surface area contributed by atoms with Crippen LogP contribution >= 0.6 is 79.6 Å². The van der Waals surface area contributed by atoms with Crippen molar-refractivity contribution in [2.45, 2.75) is 65.2 Å². The summed E-state index contributed by atoms with van der Waals surface area (Å²) in [5, 5.41) is 17.4. The first-order valence-electron chi connectivity index (χ1n) is 50.6. The summed E-state index contributed by atoms with van der Waals surface area (Å²) in [6, 6.07) is 71.5. The quantitative estimate of drug-likeness (QED) is 0.0103. The van der Waals surface area contributed by atoms with Gasteiger partial charge in [0.15, 0.2) is 0 Å². The van der Waals surface area contributed by atoms with Crippen LogP contribution in [0.3, 0.4) is 0 Å². The molecule has 5 aromatic heterocycles. The number of esters is 1. The molecule has 3 saturated heterocycles. The monoisotopic (exact) mass is 2300 g/mol. The molecule has 32 heteroatoms. The van der Waals surface area contributed by atoms with Crippen molar-refractivity contribution in [2.75, 3.05) is 159 Å². The number of unbranched alkanes of at least 4 members (excludes halogenated alkanes) is 1. The zero-order chi connectivity index (χ0) is 102. The van der Waals surface area contributed by atoms with Crippen molar-refractivity contribution in [3.63, 3.8) is 0 Å². The van der Waals surface area contributed by atoms with Gasteiger partial charge in [-0.2, -0.15) is 0 Å². The number of quaternary nitrogens is 2. The molecule has 3 fully saturated rings. The number of anilines is 5. The van der Waals surface area contributed by atoms with E-state index in [9.17, 15) is 4.79 Å². The molecule has 8 aliphatic rings. The van der Waals surface area contributed by atoms with Gasteiger partial charge < -0.3 is 44.8 Å². The van der Waals surface area contributed by atoms with Gasteiger partial charge in [-0.1, -0.05) is 223 Å². The van der Waals surface area contributed by atoms with E-state index in [2.05, 4.69) is 308 Å². The Bertz CT molecular complexity index is 7940. The third kappa shape index (κ3) is 23.8. The Labute approximate surface area is 899 Å². The SMILES string of the molecule is C=C1N=c2ccc(Br)cc2=C1c1[nH]c2ccccc2c1NOCCCC.C=C1N=c2ccc(Br)cc2=C1c1[nH]c2ccccc2c1NOCCN1CCCCC1.C=C1N=c2ccc(Br)cc2=C1c1[nH]c2ccccc2c1NOCCN1CCN(CC(=O)OCC)CC1.C=C1N=c2ccc(Br)cc2=C1c1[nH]c2ccccc2c1NOCC[NH+]1CCCCC1.C=C1N=c2ccc(Br)cc2=C1c1[nH]c2ccccc2c1NOCC[NH2+]C. The number of hydrogen-bond donors (Lipinski definition) is 12. The first-order chi connectivity index (χ1) is 72.3. The third-order valence-corrected chi connectivity index (χ3v) is 29.8. The Hall–Kier alpha value is -12.6. The number of rotatable bonds is 33. The summed E-state index contributed by atoms with van der Waals surface area (Å²) in [5.74, 6) is -0.154. The highest BCUT2D eigenvalue weighted by atomic mass is 79.9. The topological polar surface area (TPSA) is 304 Å². The first-order valence-corrected chi connectivity index (χ1v) is 54.6. The van der Waals surface area contributed by atoms with Crippen LogP contribution in [0.15, 0.2) is 321 Å². The number of likely N-dealkylation sites (N-methyl/N-ethyl adjacent to an activating group) is 1. The van der Waals surface area contributed by atoms with E-state index in [1.807, 2.05) is 135 Å². The fourth-order valence-corrected chi connectivity index (χ4v) is 21.8. The summed E-state index contributed by atoms with van der Waals surface area (Å²) in [7, 11) is 2.02. The summed E-state index contributed by atoms with van der Waals surface area (Å²) >= 11 is 17.9. The van der Waals surface area contributed by atoms with Crippen LogP contribution in [-0.2, 0) is 33.7 Å². The number of allylic oxidation sites excluding steroid dienone is 5. The molecule has 27 nitrogen and oxygen atoms in total.